The summed E-state index contributed by atoms with van der Waals surface area (Å²) in [5, 5.41) is 3.11. The van der Waals surface area contributed by atoms with Crippen LogP contribution in [-0.2, 0) is 9.53 Å². The predicted molar refractivity (Wildman–Crippen MR) is 51.5 cm³/mol. The lowest BCUT2D eigenvalue weighted by molar-refractivity contribution is -0.124. The molecule has 0 radical (unpaired) electrons. The maximum atomic E-state index is 11.3. The van der Waals surface area contributed by atoms with E-state index in [-0.39, 0.29) is 11.4 Å². The number of carbonyl (C=O) groups excluding carboxylic acids is 1. The van der Waals surface area contributed by atoms with Gasteiger partial charge >= 0.3 is 0 Å². The predicted octanol–water partition coefficient (Wildman–Crippen LogP) is 1.47. The van der Waals surface area contributed by atoms with Gasteiger partial charge in [-0.3, -0.25) is 4.79 Å². The molecule has 0 aromatic carbocycles. The van der Waals surface area contributed by atoms with Gasteiger partial charge in [-0.25, -0.2) is 0 Å². The highest BCUT2D eigenvalue weighted by Crippen LogP contribution is 2.24. The first-order valence-electron chi connectivity index (χ1n) is 5.11. The largest absolute Gasteiger partial charge is 0.381 e. The van der Waals surface area contributed by atoms with Gasteiger partial charge in [0.05, 0.1) is 0 Å². The molecule has 1 rings (SSSR count). The number of nitrogens with one attached hydrogen (secondary N) is 1. The Morgan fingerprint density at radius 1 is 1.38 bits per heavy atom. The highest BCUT2D eigenvalue weighted by molar-refractivity contribution is 5.76. The third-order valence-corrected chi connectivity index (χ3v) is 2.85. The van der Waals surface area contributed by atoms with Gasteiger partial charge in [0.1, 0.15) is 0 Å². The first-order valence-corrected chi connectivity index (χ1v) is 5.11. The van der Waals surface area contributed by atoms with Crippen LogP contribution in [0.4, 0.5) is 0 Å². The molecule has 1 saturated heterocycles. The number of rotatable bonds is 3. The standard InChI is InChI=1S/C10H19NO2/c1-3-9(12)11-10(4-2)5-7-13-8-6-10/h3-8H2,1-2H3,(H,11,12). The fourth-order valence-electron chi connectivity index (χ4n) is 1.71. The Balaban J connectivity index is 2.52. The maximum absolute atomic E-state index is 11.3. The lowest BCUT2D eigenvalue weighted by Gasteiger charge is -2.37. The monoisotopic (exact) mass is 185 g/mol. The van der Waals surface area contributed by atoms with Crippen molar-refractivity contribution in [2.45, 2.75) is 45.1 Å². The van der Waals surface area contributed by atoms with Crippen LogP contribution >= 0.6 is 0 Å². The molecular formula is C10H19NO2. The van der Waals surface area contributed by atoms with Crippen molar-refractivity contribution in [2.24, 2.45) is 0 Å². The number of hydrogen-bond donors (Lipinski definition) is 1. The molecule has 0 saturated carbocycles. The zero-order chi connectivity index (χ0) is 9.73. The van der Waals surface area contributed by atoms with Crippen LogP contribution in [0.15, 0.2) is 0 Å². The summed E-state index contributed by atoms with van der Waals surface area (Å²) in [6.45, 7) is 5.56. The van der Waals surface area contributed by atoms with Crippen molar-refractivity contribution < 1.29 is 9.53 Å². The van der Waals surface area contributed by atoms with Crippen molar-refractivity contribution in [1.29, 1.82) is 0 Å². The second-order valence-corrected chi connectivity index (χ2v) is 3.65. The van der Waals surface area contributed by atoms with Gasteiger partial charge in [0, 0.05) is 25.2 Å². The van der Waals surface area contributed by atoms with E-state index in [9.17, 15) is 4.79 Å². The molecule has 1 fully saturated rings. The molecule has 1 heterocycles. The average Bonchev–Trinajstić information content (AvgIpc) is 2.19. The Hall–Kier alpha value is -0.570. The van der Waals surface area contributed by atoms with Gasteiger partial charge in [0.15, 0.2) is 0 Å². The lowest BCUT2D eigenvalue weighted by Crippen LogP contribution is -2.51. The minimum Gasteiger partial charge on any atom is -0.381 e. The fourth-order valence-corrected chi connectivity index (χ4v) is 1.71. The third-order valence-electron chi connectivity index (χ3n) is 2.85. The average molecular weight is 185 g/mol. The molecule has 0 aromatic rings. The van der Waals surface area contributed by atoms with E-state index in [1.54, 1.807) is 0 Å². The third kappa shape index (κ3) is 2.69. The van der Waals surface area contributed by atoms with Gasteiger partial charge in [-0.05, 0) is 19.3 Å². The Morgan fingerprint density at radius 3 is 2.46 bits per heavy atom. The molecule has 0 bridgehead atoms. The quantitative estimate of drug-likeness (QED) is 0.723. The molecule has 0 spiro atoms. The number of carbonyl (C=O) groups is 1. The van der Waals surface area contributed by atoms with E-state index in [2.05, 4.69) is 12.2 Å². The number of hydrogen-bond acceptors (Lipinski definition) is 2. The summed E-state index contributed by atoms with van der Waals surface area (Å²) in [5.41, 5.74) is 0.0192. The van der Waals surface area contributed by atoms with Crippen molar-refractivity contribution in [3.63, 3.8) is 0 Å². The van der Waals surface area contributed by atoms with Crippen LogP contribution in [0.1, 0.15) is 39.5 Å². The van der Waals surface area contributed by atoms with E-state index in [1.165, 1.54) is 0 Å². The summed E-state index contributed by atoms with van der Waals surface area (Å²) in [5.74, 6) is 0.156. The van der Waals surface area contributed by atoms with Gasteiger partial charge in [-0.2, -0.15) is 0 Å². The molecule has 1 N–H and O–H groups in total. The van der Waals surface area contributed by atoms with E-state index in [4.69, 9.17) is 4.74 Å². The van der Waals surface area contributed by atoms with Crippen molar-refractivity contribution in [1.82, 2.24) is 5.32 Å². The molecule has 0 aliphatic carbocycles. The summed E-state index contributed by atoms with van der Waals surface area (Å²) in [7, 11) is 0. The van der Waals surface area contributed by atoms with Crippen LogP contribution in [0, 0.1) is 0 Å². The fraction of sp³-hybridized carbons (Fsp3) is 0.900. The van der Waals surface area contributed by atoms with E-state index in [0.717, 1.165) is 32.5 Å². The Labute approximate surface area is 79.8 Å². The van der Waals surface area contributed by atoms with Crippen LogP contribution in [-0.4, -0.2) is 24.7 Å². The molecule has 1 aliphatic rings. The summed E-state index contributed by atoms with van der Waals surface area (Å²) >= 11 is 0. The molecule has 3 heteroatoms. The van der Waals surface area contributed by atoms with Crippen LogP contribution in [0.25, 0.3) is 0 Å². The topological polar surface area (TPSA) is 38.3 Å². The normalized spacial score (nSPS) is 21.1. The SMILES string of the molecule is CCC(=O)NC1(CC)CCOCC1. The van der Waals surface area contributed by atoms with E-state index in [1.807, 2.05) is 6.92 Å². The molecular weight excluding hydrogens is 166 g/mol. The van der Waals surface area contributed by atoms with Crippen LogP contribution in [0.2, 0.25) is 0 Å². The highest BCUT2D eigenvalue weighted by Gasteiger charge is 2.31. The molecule has 13 heavy (non-hydrogen) atoms. The molecule has 1 aliphatic heterocycles. The maximum Gasteiger partial charge on any atom is 0.220 e. The Bertz CT molecular complexity index is 174. The first-order chi connectivity index (χ1) is 6.22. The van der Waals surface area contributed by atoms with Gasteiger partial charge in [0.2, 0.25) is 5.91 Å². The summed E-state index contributed by atoms with van der Waals surface area (Å²) in [6.07, 6.45) is 3.48. The summed E-state index contributed by atoms with van der Waals surface area (Å²) in [4.78, 5) is 11.3. The van der Waals surface area contributed by atoms with E-state index >= 15 is 0 Å². The van der Waals surface area contributed by atoms with Crippen LogP contribution in [0.3, 0.4) is 0 Å². The van der Waals surface area contributed by atoms with Crippen molar-refractivity contribution in [3.05, 3.63) is 0 Å². The Morgan fingerprint density at radius 2 is 2.00 bits per heavy atom. The minimum absolute atomic E-state index is 0.0192. The molecule has 76 valence electrons. The molecule has 1 amide bonds. The van der Waals surface area contributed by atoms with Gasteiger partial charge in [0.25, 0.3) is 0 Å². The zero-order valence-corrected chi connectivity index (χ0v) is 8.56. The van der Waals surface area contributed by atoms with Crippen LogP contribution in [0.5, 0.6) is 0 Å². The lowest BCUT2D eigenvalue weighted by atomic mass is 9.87. The minimum atomic E-state index is 0.0192. The Kier molecular flexibility index (Phi) is 3.72. The van der Waals surface area contributed by atoms with Crippen molar-refractivity contribution in [3.8, 4) is 0 Å². The zero-order valence-electron chi connectivity index (χ0n) is 8.56. The highest BCUT2D eigenvalue weighted by atomic mass is 16.5. The van der Waals surface area contributed by atoms with Crippen molar-refractivity contribution in [2.75, 3.05) is 13.2 Å². The van der Waals surface area contributed by atoms with Gasteiger partial charge < -0.3 is 10.1 Å². The summed E-state index contributed by atoms with van der Waals surface area (Å²) < 4.78 is 5.29. The molecule has 0 aromatic heterocycles. The molecule has 0 atom stereocenters. The number of amides is 1. The summed E-state index contributed by atoms with van der Waals surface area (Å²) in [6, 6.07) is 0. The van der Waals surface area contributed by atoms with Gasteiger partial charge in [-0.15, -0.1) is 0 Å². The molecule has 3 nitrogen and oxygen atoms in total. The second kappa shape index (κ2) is 4.61. The molecule has 0 unspecified atom stereocenters. The van der Waals surface area contributed by atoms with Gasteiger partial charge in [-0.1, -0.05) is 13.8 Å². The smallest absolute Gasteiger partial charge is 0.220 e. The second-order valence-electron chi connectivity index (χ2n) is 3.65. The number of ether oxygens (including phenoxy) is 1. The van der Waals surface area contributed by atoms with Crippen LogP contribution < -0.4 is 5.32 Å². The van der Waals surface area contributed by atoms with E-state index in [0.29, 0.717) is 6.42 Å². The first kappa shape index (κ1) is 10.5. The van der Waals surface area contributed by atoms with Crippen molar-refractivity contribution >= 4 is 5.91 Å². The van der Waals surface area contributed by atoms with E-state index < -0.39 is 0 Å².